The Morgan fingerprint density at radius 3 is 2.26 bits per heavy atom. The predicted octanol–water partition coefficient (Wildman–Crippen LogP) is 3.99. The number of nitrogens with one attached hydrogen (secondary N) is 2. The molecule has 2 N–H and O–H groups in total. The van der Waals surface area contributed by atoms with Crippen molar-refractivity contribution >= 4 is 17.9 Å². The zero-order valence-corrected chi connectivity index (χ0v) is 15.2. The molecule has 0 saturated carbocycles. The summed E-state index contributed by atoms with van der Waals surface area (Å²) in [7, 11) is 0. The van der Waals surface area contributed by atoms with Crippen LogP contribution in [-0.4, -0.2) is 25.9 Å². The van der Waals surface area contributed by atoms with Crippen molar-refractivity contribution in [3.8, 4) is 11.3 Å². The highest BCUT2D eigenvalue weighted by Crippen LogP contribution is 2.38. The number of halogens is 6. The quantitative estimate of drug-likeness (QED) is 0.355. The van der Waals surface area contributed by atoms with Gasteiger partial charge in [0.2, 0.25) is 0 Å². The van der Waals surface area contributed by atoms with E-state index in [-0.39, 0.29) is 11.8 Å². The van der Waals surface area contributed by atoms with Gasteiger partial charge in [0.1, 0.15) is 11.5 Å². The number of anilines is 1. The lowest BCUT2D eigenvalue weighted by molar-refractivity contribution is -0.143. The minimum Gasteiger partial charge on any atom is -0.282 e. The summed E-state index contributed by atoms with van der Waals surface area (Å²) >= 11 is 0. The number of carbonyl (C=O) groups excluding carboxylic acids is 1. The second kappa shape index (κ2) is 8.45. The second-order valence-corrected chi connectivity index (χ2v) is 5.99. The van der Waals surface area contributed by atoms with Gasteiger partial charge >= 0.3 is 12.4 Å². The van der Waals surface area contributed by atoms with Gasteiger partial charge in [0.05, 0.1) is 23.5 Å². The molecule has 0 aliphatic heterocycles. The molecule has 13 heteroatoms. The summed E-state index contributed by atoms with van der Waals surface area (Å²) in [5.41, 5.74) is 1.22. The number of rotatable bonds is 5. The van der Waals surface area contributed by atoms with Gasteiger partial charge in [-0.2, -0.15) is 36.2 Å². The van der Waals surface area contributed by atoms with Crippen LogP contribution in [0, 0.1) is 0 Å². The number of pyridine rings is 1. The van der Waals surface area contributed by atoms with Crippen LogP contribution in [-0.2, 0) is 17.1 Å². The zero-order chi connectivity index (χ0) is 22.6. The number of carbonyl (C=O) groups is 1. The Kier molecular flexibility index (Phi) is 5.95. The first-order chi connectivity index (χ1) is 14.5. The third kappa shape index (κ3) is 5.81. The summed E-state index contributed by atoms with van der Waals surface area (Å²) in [5.74, 6) is -0.267. The molecule has 0 aliphatic rings. The molecule has 0 aliphatic carbocycles. The van der Waals surface area contributed by atoms with Crippen molar-refractivity contribution in [3.05, 3.63) is 66.0 Å². The molecule has 31 heavy (non-hydrogen) atoms. The van der Waals surface area contributed by atoms with Gasteiger partial charge < -0.3 is 0 Å². The molecule has 0 radical (unpaired) electrons. The van der Waals surface area contributed by atoms with Crippen LogP contribution in [0.2, 0.25) is 0 Å². The Balaban J connectivity index is 1.77. The molecule has 0 bridgehead atoms. The highest BCUT2D eigenvalue weighted by molar-refractivity contribution is 5.90. The van der Waals surface area contributed by atoms with E-state index in [1.165, 1.54) is 6.20 Å². The van der Waals surface area contributed by atoms with E-state index >= 15 is 0 Å². The van der Waals surface area contributed by atoms with E-state index in [4.69, 9.17) is 0 Å². The maximum Gasteiger partial charge on any atom is 0.416 e. The van der Waals surface area contributed by atoms with Gasteiger partial charge in [0.25, 0.3) is 5.91 Å². The molecular formula is C18H12F6N6O. The summed E-state index contributed by atoms with van der Waals surface area (Å²) < 4.78 is 77.9. The fourth-order valence-electron chi connectivity index (χ4n) is 2.32. The monoisotopic (exact) mass is 442 g/mol. The van der Waals surface area contributed by atoms with E-state index in [0.29, 0.717) is 18.0 Å². The zero-order valence-electron chi connectivity index (χ0n) is 15.2. The molecule has 1 amide bonds. The summed E-state index contributed by atoms with van der Waals surface area (Å²) in [5, 5.41) is 7.50. The number of nitrogens with zero attached hydrogens (tertiary/aromatic N) is 4. The van der Waals surface area contributed by atoms with Crippen molar-refractivity contribution in [1.29, 1.82) is 0 Å². The van der Waals surface area contributed by atoms with E-state index in [1.807, 2.05) is 0 Å². The third-order valence-corrected chi connectivity index (χ3v) is 3.73. The fraction of sp³-hybridized carbons (Fsp3) is 0.111. The van der Waals surface area contributed by atoms with E-state index in [0.717, 1.165) is 23.3 Å². The summed E-state index contributed by atoms with van der Waals surface area (Å²) in [4.78, 5) is 16.5. The SMILES string of the molecule is O=C(/C=C\n1ncc(-c2cc(C(F)(F)F)cc(C(F)(F)F)c2)n1)NNc1ccccn1. The molecule has 3 aromatic rings. The number of alkyl halides is 6. The first-order valence-corrected chi connectivity index (χ1v) is 8.39. The van der Waals surface area contributed by atoms with Gasteiger partial charge in [-0.3, -0.25) is 15.6 Å². The molecule has 3 rings (SSSR count). The number of aromatic nitrogens is 4. The van der Waals surface area contributed by atoms with E-state index < -0.39 is 35.0 Å². The Hall–Kier alpha value is -3.90. The summed E-state index contributed by atoms with van der Waals surface area (Å²) in [6, 6.07) is 6.05. The highest BCUT2D eigenvalue weighted by Gasteiger charge is 2.37. The normalized spacial score (nSPS) is 12.2. The first-order valence-electron chi connectivity index (χ1n) is 8.39. The molecule has 2 aromatic heterocycles. The number of benzene rings is 1. The fourth-order valence-corrected chi connectivity index (χ4v) is 2.32. The van der Waals surface area contributed by atoms with E-state index in [9.17, 15) is 31.1 Å². The highest BCUT2D eigenvalue weighted by atomic mass is 19.4. The summed E-state index contributed by atoms with van der Waals surface area (Å²) in [6.45, 7) is 0. The molecular weight excluding hydrogens is 430 g/mol. The molecule has 0 saturated heterocycles. The Bertz CT molecular complexity index is 1060. The molecule has 7 nitrogen and oxygen atoms in total. The van der Waals surface area contributed by atoms with Crippen LogP contribution in [0.15, 0.2) is 54.9 Å². The largest absolute Gasteiger partial charge is 0.416 e. The van der Waals surface area contributed by atoms with Crippen molar-refractivity contribution < 1.29 is 31.1 Å². The number of hydrazine groups is 1. The van der Waals surface area contributed by atoms with Gasteiger partial charge in [0.15, 0.2) is 0 Å². The van der Waals surface area contributed by atoms with Crippen molar-refractivity contribution in [1.82, 2.24) is 25.4 Å². The van der Waals surface area contributed by atoms with Gasteiger partial charge in [-0.25, -0.2) is 4.98 Å². The maximum absolute atomic E-state index is 13.0. The molecule has 0 unspecified atom stereocenters. The lowest BCUT2D eigenvalue weighted by atomic mass is 10.0. The minimum atomic E-state index is -4.98. The van der Waals surface area contributed by atoms with Crippen LogP contribution in [0.5, 0.6) is 0 Å². The van der Waals surface area contributed by atoms with Crippen molar-refractivity contribution in [2.75, 3.05) is 5.43 Å². The van der Waals surface area contributed by atoms with E-state index in [2.05, 4.69) is 26.0 Å². The maximum atomic E-state index is 13.0. The number of hydrogen-bond donors (Lipinski definition) is 2. The molecule has 162 valence electrons. The number of hydrogen-bond acceptors (Lipinski definition) is 5. The smallest absolute Gasteiger partial charge is 0.282 e. The van der Waals surface area contributed by atoms with Gasteiger partial charge in [-0.1, -0.05) is 6.07 Å². The Morgan fingerprint density at radius 2 is 1.68 bits per heavy atom. The Labute approximate surface area is 170 Å². The van der Waals surface area contributed by atoms with Crippen LogP contribution >= 0.6 is 0 Å². The van der Waals surface area contributed by atoms with Crippen molar-refractivity contribution in [2.45, 2.75) is 12.4 Å². The average Bonchev–Trinajstić information content (AvgIpc) is 3.19. The van der Waals surface area contributed by atoms with Crippen LogP contribution in [0.3, 0.4) is 0 Å². The molecule has 0 fully saturated rings. The second-order valence-electron chi connectivity index (χ2n) is 5.99. The van der Waals surface area contributed by atoms with Gasteiger partial charge in [-0.15, -0.1) is 5.10 Å². The van der Waals surface area contributed by atoms with E-state index in [1.54, 1.807) is 18.2 Å². The number of amides is 1. The van der Waals surface area contributed by atoms with Crippen LogP contribution in [0.1, 0.15) is 11.1 Å². The molecule has 2 heterocycles. The minimum absolute atomic E-state index is 0.0206. The molecule has 0 spiro atoms. The topological polar surface area (TPSA) is 84.7 Å². The average molecular weight is 442 g/mol. The van der Waals surface area contributed by atoms with Gasteiger partial charge in [0, 0.05) is 17.8 Å². The van der Waals surface area contributed by atoms with Crippen molar-refractivity contribution in [3.63, 3.8) is 0 Å². The summed E-state index contributed by atoms with van der Waals surface area (Å²) in [6.07, 6.45) is -5.43. The Morgan fingerprint density at radius 1 is 1.00 bits per heavy atom. The molecule has 1 aromatic carbocycles. The lowest BCUT2D eigenvalue weighted by Gasteiger charge is -2.13. The van der Waals surface area contributed by atoms with Crippen molar-refractivity contribution in [2.24, 2.45) is 0 Å². The van der Waals surface area contributed by atoms with Crippen LogP contribution in [0.25, 0.3) is 17.5 Å². The van der Waals surface area contributed by atoms with Crippen LogP contribution in [0.4, 0.5) is 32.2 Å². The van der Waals surface area contributed by atoms with Crippen LogP contribution < -0.4 is 10.9 Å². The first kappa shape index (κ1) is 21.8. The van der Waals surface area contributed by atoms with Gasteiger partial charge in [-0.05, 0) is 30.3 Å². The standard InChI is InChI=1S/C18H12F6N6O/c19-17(20,21)12-7-11(8-13(9-12)18(22,23)24)14-10-26-30(29-14)6-4-16(31)28-27-15-3-1-2-5-25-15/h1-10H,(H,25,27)(H,28,31)/b6-4-. The molecule has 0 atom stereocenters. The predicted molar refractivity (Wildman–Crippen MR) is 96.8 cm³/mol. The third-order valence-electron chi connectivity index (χ3n) is 3.73. The lowest BCUT2D eigenvalue weighted by Crippen LogP contribution is -2.28.